The topological polar surface area (TPSA) is 61.8 Å². The van der Waals surface area contributed by atoms with Gasteiger partial charge >= 0.3 is 11.9 Å². The zero-order chi connectivity index (χ0) is 16.5. The second-order valence-electron chi connectivity index (χ2n) is 5.54. The highest BCUT2D eigenvalue weighted by atomic mass is 16.6. The molecule has 0 amide bonds. The minimum atomic E-state index is -0.649. The van der Waals surface area contributed by atoms with Crippen molar-refractivity contribution in [2.75, 3.05) is 13.7 Å². The fourth-order valence-electron chi connectivity index (χ4n) is 2.58. The maximum Gasteiger partial charge on any atom is 0.336 e. The molecule has 0 heterocycles. The average molecular weight is 318 g/mol. The summed E-state index contributed by atoms with van der Waals surface area (Å²) in [6.45, 7) is 0.421. The van der Waals surface area contributed by atoms with E-state index in [-0.39, 0.29) is 0 Å². The van der Waals surface area contributed by atoms with Gasteiger partial charge in [0.25, 0.3) is 0 Å². The summed E-state index contributed by atoms with van der Waals surface area (Å²) in [5.41, 5.74) is 0. The van der Waals surface area contributed by atoms with Gasteiger partial charge in [-0.15, -0.1) is 0 Å². The molecule has 0 aliphatic heterocycles. The monoisotopic (exact) mass is 318 g/mol. The highest BCUT2D eigenvalue weighted by Crippen LogP contribution is 2.26. The lowest BCUT2D eigenvalue weighted by molar-refractivity contribution is -0.140. The minimum absolute atomic E-state index is 0.306. The molecule has 1 aliphatic rings. The van der Waals surface area contributed by atoms with E-state index in [1.54, 1.807) is 24.3 Å². The summed E-state index contributed by atoms with van der Waals surface area (Å²) >= 11 is 0. The Hall–Kier alpha value is -2.30. The van der Waals surface area contributed by atoms with E-state index in [1.807, 2.05) is 0 Å². The van der Waals surface area contributed by atoms with Crippen LogP contribution in [0, 0.1) is 5.92 Å². The molecule has 0 atom stereocenters. The Bertz CT molecular complexity index is 558. The number of methoxy groups -OCH3 is 1. The van der Waals surface area contributed by atoms with Crippen molar-refractivity contribution in [2.24, 2.45) is 5.92 Å². The van der Waals surface area contributed by atoms with Crippen LogP contribution in [0.4, 0.5) is 0 Å². The summed E-state index contributed by atoms with van der Waals surface area (Å²) in [6.07, 6.45) is 8.03. The van der Waals surface area contributed by atoms with E-state index in [9.17, 15) is 9.59 Å². The SMILES string of the molecule is COc1ccccc1OC(=O)/C=C/C(=O)OCC1CCCCC1. The first-order chi connectivity index (χ1) is 11.2. The number of ether oxygens (including phenoxy) is 3. The van der Waals surface area contributed by atoms with Gasteiger partial charge in [0, 0.05) is 12.2 Å². The fourth-order valence-corrected chi connectivity index (χ4v) is 2.58. The summed E-state index contributed by atoms with van der Waals surface area (Å²) in [4.78, 5) is 23.3. The van der Waals surface area contributed by atoms with E-state index < -0.39 is 11.9 Å². The minimum Gasteiger partial charge on any atom is -0.493 e. The van der Waals surface area contributed by atoms with E-state index in [2.05, 4.69) is 0 Å². The molecule has 0 saturated heterocycles. The molecule has 2 rings (SSSR count). The molecule has 0 aromatic heterocycles. The molecule has 0 N–H and O–H groups in total. The maximum absolute atomic E-state index is 11.7. The van der Waals surface area contributed by atoms with E-state index >= 15 is 0 Å². The van der Waals surface area contributed by atoms with Crippen LogP contribution in [0.25, 0.3) is 0 Å². The third-order valence-electron chi connectivity index (χ3n) is 3.82. The quantitative estimate of drug-likeness (QED) is 0.457. The molecule has 0 bridgehead atoms. The standard InChI is InChI=1S/C18H22O5/c1-21-15-9-5-6-10-16(15)23-18(20)12-11-17(19)22-13-14-7-3-2-4-8-14/h5-6,9-12,14H,2-4,7-8,13H2,1H3/b12-11+. The molecule has 1 fully saturated rings. The molecule has 1 aromatic carbocycles. The summed E-state index contributed by atoms with van der Waals surface area (Å²) in [7, 11) is 1.49. The zero-order valence-corrected chi connectivity index (χ0v) is 13.3. The van der Waals surface area contributed by atoms with Gasteiger partial charge in [-0.05, 0) is 30.9 Å². The molecule has 124 valence electrons. The Labute approximate surface area is 136 Å². The Morgan fingerprint density at radius 2 is 1.70 bits per heavy atom. The number of carbonyl (C=O) groups excluding carboxylic acids is 2. The Balaban J connectivity index is 1.77. The van der Waals surface area contributed by atoms with Crippen molar-refractivity contribution in [1.29, 1.82) is 0 Å². The predicted molar refractivity (Wildman–Crippen MR) is 85.3 cm³/mol. The number of hydrogen-bond acceptors (Lipinski definition) is 5. The first kappa shape index (κ1) is 17.1. The molecular weight excluding hydrogens is 296 g/mol. The van der Waals surface area contributed by atoms with E-state index in [0.29, 0.717) is 24.0 Å². The summed E-state index contributed by atoms with van der Waals surface area (Å²) in [5.74, 6) is 0.0349. The number of para-hydroxylation sites is 2. The lowest BCUT2D eigenvalue weighted by atomic mass is 9.90. The first-order valence-corrected chi connectivity index (χ1v) is 7.88. The number of hydrogen-bond donors (Lipinski definition) is 0. The van der Waals surface area contributed by atoms with Crippen LogP contribution in [0.5, 0.6) is 11.5 Å². The number of benzene rings is 1. The molecule has 1 aliphatic carbocycles. The van der Waals surface area contributed by atoms with E-state index in [1.165, 1.54) is 26.4 Å². The van der Waals surface area contributed by atoms with Crippen LogP contribution in [0.15, 0.2) is 36.4 Å². The van der Waals surface area contributed by atoms with Crippen molar-refractivity contribution < 1.29 is 23.8 Å². The lowest BCUT2D eigenvalue weighted by Crippen LogP contribution is -2.16. The van der Waals surface area contributed by atoms with Crippen LogP contribution < -0.4 is 9.47 Å². The van der Waals surface area contributed by atoms with Gasteiger partial charge in [-0.1, -0.05) is 31.4 Å². The van der Waals surface area contributed by atoms with Crippen molar-refractivity contribution in [1.82, 2.24) is 0 Å². The van der Waals surface area contributed by atoms with Gasteiger partial charge in [-0.25, -0.2) is 9.59 Å². The molecule has 1 saturated carbocycles. The smallest absolute Gasteiger partial charge is 0.336 e. The molecule has 0 spiro atoms. The van der Waals surface area contributed by atoms with Crippen LogP contribution in [-0.4, -0.2) is 25.7 Å². The molecule has 1 aromatic rings. The second kappa shape index (κ2) is 8.98. The average Bonchev–Trinajstić information content (AvgIpc) is 2.59. The predicted octanol–water partition coefficient (Wildman–Crippen LogP) is 3.28. The molecule has 5 nitrogen and oxygen atoms in total. The Morgan fingerprint density at radius 1 is 1.04 bits per heavy atom. The molecule has 5 heteroatoms. The van der Waals surface area contributed by atoms with Gasteiger partial charge in [0.15, 0.2) is 11.5 Å². The van der Waals surface area contributed by atoms with Gasteiger partial charge in [-0.3, -0.25) is 0 Å². The molecule has 23 heavy (non-hydrogen) atoms. The van der Waals surface area contributed by atoms with Crippen molar-refractivity contribution in [2.45, 2.75) is 32.1 Å². The zero-order valence-electron chi connectivity index (χ0n) is 13.3. The van der Waals surface area contributed by atoms with Crippen LogP contribution in [-0.2, 0) is 14.3 Å². The maximum atomic E-state index is 11.7. The van der Waals surface area contributed by atoms with Gasteiger partial charge in [-0.2, -0.15) is 0 Å². The highest BCUT2D eigenvalue weighted by molar-refractivity contribution is 5.92. The third-order valence-corrected chi connectivity index (χ3v) is 3.82. The van der Waals surface area contributed by atoms with Crippen molar-refractivity contribution in [3.8, 4) is 11.5 Å². The Morgan fingerprint density at radius 3 is 2.39 bits per heavy atom. The largest absolute Gasteiger partial charge is 0.493 e. The highest BCUT2D eigenvalue weighted by Gasteiger charge is 2.15. The lowest BCUT2D eigenvalue weighted by Gasteiger charge is -2.20. The van der Waals surface area contributed by atoms with Gasteiger partial charge in [0.1, 0.15) is 0 Å². The van der Waals surface area contributed by atoms with Crippen molar-refractivity contribution in [3.05, 3.63) is 36.4 Å². The van der Waals surface area contributed by atoms with Crippen LogP contribution in [0.2, 0.25) is 0 Å². The molecule has 0 radical (unpaired) electrons. The summed E-state index contributed by atoms with van der Waals surface area (Å²) in [5, 5.41) is 0. The van der Waals surface area contributed by atoms with Gasteiger partial charge < -0.3 is 14.2 Å². The second-order valence-corrected chi connectivity index (χ2v) is 5.54. The number of esters is 2. The third kappa shape index (κ3) is 5.77. The van der Waals surface area contributed by atoms with Crippen LogP contribution in [0.3, 0.4) is 0 Å². The molecular formula is C18H22O5. The number of carbonyl (C=O) groups is 2. The van der Waals surface area contributed by atoms with Crippen LogP contribution >= 0.6 is 0 Å². The van der Waals surface area contributed by atoms with Crippen molar-refractivity contribution in [3.63, 3.8) is 0 Å². The number of rotatable bonds is 6. The summed E-state index contributed by atoms with van der Waals surface area (Å²) in [6, 6.07) is 6.80. The van der Waals surface area contributed by atoms with Crippen LogP contribution in [0.1, 0.15) is 32.1 Å². The van der Waals surface area contributed by atoms with Gasteiger partial charge in [0.2, 0.25) is 0 Å². The van der Waals surface area contributed by atoms with E-state index in [0.717, 1.165) is 25.0 Å². The molecule has 0 unspecified atom stereocenters. The Kier molecular flexibility index (Phi) is 6.66. The van der Waals surface area contributed by atoms with Crippen molar-refractivity contribution >= 4 is 11.9 Å². The van der Waals surface area contributed by atoms with E-state index in [4.69, 9.17) is 14.2 Å². The van der Waals surface area contributed by atoms with Gasteiger partial charge in [0.05, 0.1) is 13.7 Å². The fraction of sp³-hybridized carbons (Fsp3) is 0.444. The summed E-state index contributed by atoms with van der Waals surface area (Å²) < 4.78 is 15.4. The normalized spacial score (nSPS) is 15.3. The first-order valence-electron chi connectivity index (χ1n) is 7.88.